The van der Waals surface area contributed by atoms with Crippen LogP contribution in [-0.2, 0) is 0 Å². The molecule has 1 N–H and O–H groups in total. The van der Waals surface area contributed by atoms with E-state index in [4.69, 9.17) is 0 Å². The summed E-state index contributed by atoms with van der Waals surface area (Å²) in [4.78, 5) is 2.70. The van der Waals surface area contributed by atoms with Crippen molar-refractivity contribution in [3.8, 4) is 0 Å². The Morgan fingerprint density at radius 1 is 1.06 bits per heavy atom. The minimum atomic E-state index is 0.859. The molecule has 100 valence electrons. The molecule has 2 nitrogen and oxygen atoms in total. The fourth-order valence-corrected chi connectivity index (χ4v) is 3.45. The molecule has 0 saturated carbocycles. The summed E-state index contributed by atoms with van der Waals surface area (Å²) < 4.78 is 0. The molecule has 2 aliphatic rings. The second-order valence-corrected chi connectivity index (χ2v) is 5.94. The fourth-order valence-electron chi connectivity index (χ4n) is 3.45. The molecule has 17 heavy (non-hydrogen) atoms. The smallest absolute Gasteiger partial charge is 0.00967 e. The molecule has 0 aromatic heterocycles. The summed E-state index contributed by atoms with van der Waals surface area (Å²) >= 11 is 0. The predicted molar refractivity (Wildman–Crippen MR) is 74.3 cm³/mol. The standard InChI is InChI=1S/C15H30N2/c1-2-3-4-5-11-17-12-8-14(9-13-17)15-7-6-10-16-15/h14-16H,2-13H2,1H3. The van der Waals surface area contributed by atoms with E-state index >= 15 is 0 Å². The van der Waals surface area contributed by atoms with Gasteiger partial charge in [0.2, 0.25) is 0 Å². The van der Waals surface area contributed by atoms with E-state index in [-0.39, 0.29) is 0 Å². The molecule has 0 amide bonds. The van der Waals surface area contributed by atoms with Crippen LogP contribution in [0.25, 0.3) is 0 Å². The first-order chi connectivity index (χ1) is 8.40. The summed E-state index contributed by atoms with van der Waals surface area (Å²) in [5, 5.41) is 3.68. The van der Waals surface area contributed by atoms with Gasteiger partial charge in [-0.3, -0.25) is 0 Å². The van der Waals surface area contributed by atoms with E-state index in [2.05, 4.69) is 17.1 Å². The van der Waals surface area contributed by atoms with Crippen molar-refractivity contribution < 1.29 is 0 Å². The van der Waals surface area contributed by atoms with Crippen molar-refractivity contribution in [1.82, 2.24) is 10.2 Å². The maximum Gasteiger partial charge on any atom is 0.00967 e. The highest BCUT2D eigenvalue weighted by Gasteiger charge is 2.27. The number of nitrogens with one attached hydrogen (secondary N) is 1. The van der Waals surface area contributed by atoms with Crippen LogP contribution >= 0.6 is 0 Å². The van der Waals surface area contributed by atoms with Crippen LogP contribution < -0.4 is 5.32 Å². The normalized spacial score (nSPS) is 27.7. The van der Waals surface area contributed by atoms with Gasteiger partial charge < -0.3 is 10.2 Å². The van der Waals surface area contributed by atoms with Gasteiger partial charge in [-0.25, -0.2) is 0 Å². The summed E-state index contributed by atoms with van der Waals surface area (Å²) in [6.45, 7) is 7.62. The quantitative estimate of drug-likeness (QED) is 0.716. The third kappa shape index (κ3) is 4.26. The van der Waals surface area contributed by atoms with Crippen molar-refractivity contribution >= 4 is 0 Å². The zero-order valence-electron chi connectivity index (χ0n) is 11.6. The third-order valence-electron chi connectivity index (χ3n) is 4.63. The van der Waals surface area contributed by atoms with Crippen molar-refractivity contribution in [2.45, 2.75) is 64.3 Å². The first-order valence-electron chi connectivity index (χ1n) is 7.86. The molecule has 0 aliphatic carbocycles. The van der Waals surface area contributed by atoms with Crippen molar-refractivity contribution in [3.63, 3.8) is 0 Å². The Kier molecular flexibility index (Phi) is 5.79. The van der Waals surface area contributed by atoms with Crippen LogP contribution in [0.15, 0.2) is 0 Å². The van der Waals surface area contributed by atoms with Gasteiger partial charge >= 0.3 is 0 Å². The fraction of sp³-hybridized carbons (Fsp3) is 1.00. The Balaban J connectivity index is 1.57. The highest BCUT2D eigenvalue weighted by Crippen LogP contribution is 2.25. The molecule has 1 unspecified atom stereocenters. The number of hydrogen-bond acceptors (Lipinski definition) is 2. The van der Waals surface area contributed by atoms with E-state index in [1.165, 1.54) is 77.5 Å². The Hall–Kier alpha value is -0.0800. The third-order valence-corrected chi connectivity index (χ3v) is 4.63. The van der Waals surface area contributed by atoms with Crippen molar-refractivity contribution in [2.75, 3.05) is 26.2 Å². The van der Waals surface area contributed by atoms with Crippen LogP contribution in [0.5, 0.6) is 0 Å². The second kappa shape index (κ2) is 7.38. The van der Waals surface area contributed by atoms with Crippen LogP contribution in [0.2, 0.25) is 0 Å². The SMILES string of the molecule is CCCCCCN1CCC(C2CCCN2)CC1. The van der Waals surface area contributed by atoms with E-state index in [1.807, 2.05) is 0 Å². The Morgan fingerprint density at radius 2 is 1.88 bits per heavy atom. The van der Waals surface area contributed by atoms with Gasteiger partial charge in [-0.2, -0.15) is 0 Å². The Morgan fingerprint density at radius 3 is 2.53 bits per heavy atom. The minimum Gasteiger partial charge on any atom is -0.314 e. The topological polar surface area (TPSA) is 15.3 Å². The lowest BCUT2D eigenvalue weighted by atomic mass is 9.88. The minimum absolute atomic E-state index is 0.859. The maximum absolute atomic E-state index is 3.68. The summed E-state index contributed by atoms with van der Waals surface area (Å²) in [7, 11) is 0. The van der Waals surface area contributed by atoms with E-state index in [0.29, 0.717) is 0 Å². The van der Waals surface area contributed by atoms with Gasteiger partial charge in [0.05, 0.1) is 0 Å². The number of rotatable bonds is 6. The molecule has 2 rings (SSSR count). The molecule has 0 bridgehead atoms. The van der Waals surface area contributed by atoms with Crippen molar-refractivity contribution in [3.05, 3.63) is 0 Å². The van der Waals surface area contributed by atoms with Crippen LogP contribution in [0.1, 0.15) is 58.3 Å². The largest absolute Gasteiger partial charge is 0.314 e. The molecular formula is C15H30N2. The number of hydrogen-bond donors (Lipinski definition) is 1. The summed E-state index contributed by atoms with van der Waals surface area (Å²) in [5.41, 5.74) is 0. The Labute approximate surface area is 107 Å². The van der Waals surface area contributed by atoms with Gasteiger partial charge in [-0.05, 0) is 64.2 Å². The zero-order valence-corrected chi connectivity index (χ0v) is 11.6. The van der Waals surface area contributed by atoms with E-state index < -0.39 is 0 Å². The van der Waals surface area contributed by atoms with Gasteiger partial charge in [-0.15, -0.1) is 0 Å². The number of likely N-dealkylation sites (tertiary alicyclic amines) is 1. The molecule has 2 heterocycles. The molecule has 2 aliphatic heterocycles. The second-order valence-electron chi connectivity index (χ2n) is 5.94. The van der Waals surface area contributed by atoms with E-state index in [0.717, 1.165) is 12.0 Å². The number of unbranched alkanes of at least 4 members (excludes halogenated alkanes) is 3. The monoisotopic (exact) mass is 238 g/mol. The average molecular weight is 238 g/mol. The lowest BCUT2D eigenvalue weighted by Gasteiger charge is -2.34. The lowest BCUT2D eigenvalue weighted by molar-refractivity contribution is 0.161. The molecule has 0 radical (unpaired) electrons. The molecule has 2 saturated heterocycles. The van der Waals surface area contributed by atoms with Gasteiger partial charge in [0.25, 0.3) is 0 Å². The van der Waals surface area contributed by atoms with Gasteiger partial charge in [-0.1, -0.05) is 26.2 Å². The molecule has 0 aromatic rings. The summed E-state index contributed by atoms with van der Waals surface area (Å²) in [5.74, 6) is 0.976. The zero-order chi connectivity index (χ0) is 11.9. The molecule has 2 heteroatoms. The van der Waals surface area contributed by atoms with Crippen LogP contribution in [-0.4, -0.2) is 37.1 Å². The predicted octanol–water partition coefficient (Wildman–Crippen LogP) is 3.03. The molecular weight excluding hydrogens is 208 g/mol. The van der Waals surface area contributed by atoms with Crippen LogP contribution in [0, 0.1) is 5.92 Å². The summed E-state index contributed by atoms with van der Waals surface area (Å²) in [6, 6.07) is 0.859. The highest BCUT2D eigenvalue weighted by molar-refractivity contribution is 4.85. The Bertz CT molecular complexity index is 191. The number of piperidine rings is 1. The van der Waals surface area contributed by atoms with Crippen molar-refractivity contribution in [1.29, 1.82) is 0 Å². The van der Waals surface area contributed by atoms with E-state index in [1.54, 1.807) is 0 Å². The van der Waals surface area contributed by atoms with Crippen LogP contribution in [0.4, 0.5) is 0 Å². The molecule has 0 aromatic carbocycles. The number of nitrogens with zero attached hydrogens (tertiary/aromatic N) is 1. The molecule has 1 atom stereocenters. The molecule has 0 spiro atoms. The van der Waals surface area contributed by atoms with Gasteiger partial charge in [0.1, 0.15) is 0 Å². The van der Waals surface area contributed by atoms with Crippen LogP contribution in [0.3, 0.4) is 0 Å². The maximum atomic E-state index is 3.68. The van der Waals surface area contributed by atoms with Gasteiger partial charge in [0.15, 0.2) is 0 Å². The lowest BCUT2D eigenvalue weighted by Crippen LogP contribution is -2.41. The van der Waals surface area contributed by atoms with Gasteiger partial charge in [0, 0.05) is 6.04 Å². The highest BCUT2D eigenvalue weighted by atomic mass is 15.1. The molecule has 2 fully saturated rings. The van der Waals surface area contributed by atoms with E-state index in [9.17, 15) is 0 Å². The first-order valence-corrected chi connectivity index (χ1v) is 7.86. The average Bonchev–Trinajstić information content (AvgIpc) is 2.89. The first kappa shape index (κ1) is 13.4. The summed E-state index contributed by atoms with van der Waals surface area (Å²) in [6.07, 6.45) is 11.3. The van der Waals surface area contributed by atoms with Crippen molar-refractivity contribution in [2.24, 2.45) is 5.92 Å².